The monoisotopic (exact) mass is 176 g/mol. The molecule has 3 nitrogen and oxygen atoms in total. The largest absolute Gasteiger partial charge is 0.505 e. The molecule has 0 saturated carbocycles. The Morgan fingerprint density at radius 2 is 2.23 bits per heavy atom. The third kappa shape index (κ3) is 1.73. The van der Waals surface area contributed by atoms with E-state index >= 15 is 0 Å². The average Bonchev–Trinajstić information content (AvgIpc) is 2.14. The fourth-order valence-electron chi connectivity index (χ4n) is 1.26. The van der Waals surface area contributed by atoms with Crippen molar-refractivity contribution in [3.05, 3.63) is 23.3 Å². The molecule has 0 saturated heterocycles. The first-order valence-corrected chi connectivity index (χ1v) is 4.21. The van der Waals surface area contributed by atoms with Crippen molar-refractivity contribution >= 4 is 5.69 Å². The van der Waals surface area contributed by atoms with Gasteiger partial charge in [0.05, 0.1) is 17.3 Å². The van der Waals surface area contributed by atoms with Gasteiger partial charge in [-0.05, 0) is 18.6 Å². The molecule has 0 fully saturated rings. The molecule has 0 atom stereocenters. The second-order valence-corrected chi connectivity index (χ2v) is 2.89. The van der Waals surface area contributed by atoms with E-state index in [1.807, 2.05) is 13.0 Å². The first-order valence-electron chi connectivity index (χ1n) is 4.21. The number of hydrogen-bond donors (Lipinski definition) is 2. The molecule has 0 bridgehead atoms. The quantitative estimate of drug-likeness (QED) is 0.533. The van der Waals surface area contributed by atoms with Crippen molar-refractivity contribution in [1.82, 2.24) is 0 Å². The van der Waals surface area contributed by atoms with Crippen LogP contribution >= 0.6 is 0 Å². The van der Waals surface area contributed by atoms with Gasteiger partial charge in [-0.3, -0.25) is 0 Å². The number of phenolic OH excluding ortho intramolecular Hbond substituents is 1. The lowest BCUT2D eigenvalue weighted by Gasteiger charge is -2.07. The van der Waals surface area contributed by atoms with Crippen LogP contribution in [0.5, 0.6) is 5.75 Å². The maximum absolute atomic E-state index is 9.56. The van der Waals surface area contributed by atoms with E-state index in [0.717, 1.165) is 6.42 Å². The summed E-state index contributed by atoms with van der Waals surface area (Å²) < 4.78 is 0. The second-order valence-electron chi connectivity index (χ2n) is 2.89. The third-order valence-electron chi connectivity index (χ3n) is 1.93. The molecule has 1 rings (SSSR count). The van der Waals surface area contributed by atoms with Gasteiger partial charge in [-0.1, -0.05) is 13.3 Å². The summed E-state index contributed by atoms with van der Waals surface area (Å²) in [4.78, 5) is 0. The van der Waals surface area contributed by atoms with Gasteiger partial charge in [-0.25, -0.2) is 0 Å². The number of benzene rings is 1. The summed E-state index contributed by atoms with van der Waals surface area (Å²) in [7, 11) is 0. The predicted molar refractivity (Wildman–Crippen MR) is 51.2 cm³/mol. The summed E-state index contributed by atoms with van der Waals surface area (Å²) in [5.41, 5.74) is 7.02. The van der Waals surface area contributed by atoms with Crippen LogP contribution in [-0.2, 0) is 6.42 Å². The van der Waals surface area contributed by atoms with Gasteiger partial charge in [-0.15, -0.1) is 0 Å². The fraction of sp³-hybridized carbons (Fsp3) is 0.300. The van der Waals surface area contributed by atoms with Gasteiger partial charge in [0.15, 0.2) is 0 Å². The van der Waals surface area contributed by atoms with Gasteiger partial charge < -0.3 is 10.8 Å². The molecule has 3 N–H and O–H groups in total. The van der Waals surface area contributed by atoms with Crippen LogP contribution in [0.3, 0.4) is 0 Å². The zero-order valence-corrected chi connectivity index (χ0v) is 7.54. The van der Waals surface area contributed by atoms with Gasteiger partial charge in [0.25, 0.3) is 0 Å². The van der Waals surface area contributed by atoms with Crippen molar-refractivity contribution < 1.29 is 5.11 Å². The molecular weight excluding hydrogens is 164 g/mol. The fourth-order valence-corrected chi connectivity index (χ4v) is 1.26. The Balaban J connectivity index is 3.26. The third-order valence-corrected chi connectivity index (χ3v) is 1.93. The number of nitrogen functional groups attached to an aromatic ring is 1. The number of hydrogen-bond acceptors (Lipinski definition) is 3. The lowest BCUT2D eigenvalue weighted by Crippen LogP contribution is -1.94. The molecule has 0 aliphatic carbocycles. The Kier molecular flexibility index (Phi) is 2.76. The molecule has 0 unspecified atom stereocenters. The topological polar surface area (TPSA) is 70.0 Å². The second kappa shape index (κ2) is 3.81. The summed E-state index contributed by atoms with van der Waals surface area (Å²) in [6, 6.07) is 5.22. The van der Waals surface area contributed by atoms with Crippen molar-refractivity contribution in [3.8, 4) is 11.8 Å². The van der Waals surface area contributed by atoms with Crippen LogP contribution in [0.1, 0.15) is 24.5 Å². The minimum atomic E-state index is 0.0564. The van der Waals surface area contributed by atoms with Crippen molar-refractivity contribution in [2.45, 2.75) is 19.8 Å². The van der Waals surface area contributed by atoms with Gasteiger partial charge in [0.2, 0.25) is 0 Å². The Bertz CT molecular complexity index is 353. The number of nitrogens with zero attached hydrogens (tertiary/aromatic N) is 1. The van der Waals surface area contributed by atoms with Crippen molar-refractivity contribution in [1.29, 1.82) is 5.26 Å². The normalized spacial score (nSPS) is 9.54. The minimum Gasteiger partial charge on any atom is -0.505 e. The molecule has 1 aromatic carbocycles. The molecular formula is C10H12N2O. The molecule has 0 aliphatic rings. The van der Waals surface area contributed by atoms with E-state index in [-0.39, 0.29) is 5.75 Å². The van der Waals surface area contributed by atoms with Gasteiger partial charge in [0, 0.05) is 5.56 Å². The lowest BCUT2D eigenvalue weighted by molar-refractivity contribution is 0.470. The molecule has 0 aromatic heterocycles. The average molecular weight is 176 g/mol. The van der Waals surface area contributed by atoms with Gasteiger partial charge in [0.1, 0.15) is 5.75 Å². The first kappa shape index (κ1) is 9.40. The number of nitrogens with two attached hydrogens (primary N) is 1. The van der Waals surface area contributed by atoms with Crippen LogP contribution in [0, 0.1) is 11.3 Å². The molecule has 0 heterocycles. The number of phenols is 1. The van der Waals surface area contributed by atoms with E-state index in [0.29, 0.717) is 23.2 Å². The number of nitriles is 1. The van der Waals surface area contributed by atoms with Gasteiger partial charge in [-0.2, -0.15) is 5.26 Å². The Morgan fingerprint density at radius 3 is 2.77 bits per heavy atom. The van der Waals surface area contributed by atoms with Crippen LogP contribution in [0.4, 0.5) is 5.69 Å². The highest BCUT2D eigenvalue weighted by Crippen LogP contribution is 2.28. The van der Waals surface area contributed by atoms with Crippen molar-refractivity contribution in [3.63, 3.8) is 0 Å². The van der Waals surface area contributed by atoms with Crippen LogP contribution in [-0.4, -0.2) is 5.11 Å². The summed E-state index contributed by atoms with van der Waals surface area (Å²) in [6.45, 7) is 1.99. The van der Waals surface area contributed by atoms with Crippen LogP contribution < -0.4 is 5.73 Å². The Morgan fingerprint density at radius 1 is 1.54 bits per heavy atom. The van der Waals surface area contributed by atoms with Crippen LogP contribution in [0.15, 0.2) is 12.1 Å². The van der Waals surface area contributed by atoms with Crippen molar-refractivity contribution in [2.75, 3.05) is 5.73 Å². The number of aromatic hydroxyl groups is 1. The summed E-state index contributed by atoms with van der Waals surface area (Å²) in [5.74, 6) is 0.0564. The predicted octanol–water partition coefficient (Wildman–Crippen LogP) is 1.80. The van der Waals surface area contributed by atoms with Gasteiger partial charge >= 0.3 is 0 Å². The standard InChI is InChI=1S/C10H12N2O/c1-2-3-8-7(6-11)4-5-9(12)10(8)13/h4-5,13H,2-3,12H2,1H3. The molecule has 68 valence electrons. The maximum atomic E-state index is 9.56. The molecule has 1 aromatic rings. The smallest absolute Gasteiger partial charge is 0.142 e. The Hall–Kier alpha value is -1.69. The van der Waals surface area contributed by atoms with E-state index < -0.39 is 0 Å². The molecule has 0 amide bonds. The summed E-state index contributed by atoms with van der Waals surface area (Å²) in [6.07, 6.45) is 1.56. The zero-order chi connectivity index (χ0) is 9.84. The summed E-state index contributed by atoms with van der Waals surface area (Å²) >= 11 is 0. The highest BCUT2D eigenvalue weighted by molar-refractivity contribution is 5.61. The Labute approximate surface area is 77.4 Å². The zero-order valence-electron chi connectivity index (χ0n) is 7.54. The van der Waals surface area contributed by atoms with Crippen molar-refractivity contribution in [2.24, 2.45) is 0 Å². The highest BCUT2D eigenvalue weighted by Gasteiger charge is 2.09. The molecule has 0 spiro atoms. The number of rotatable bonds is 2. The van der Waals surface area contributed by atoms with Crippen LogP contribution in [0.2, 0.25) is 0 Å². The summed E-state index contributed by atoms with van der Waals surface area (Å²) in [5, 5.41) is 18.3. The van der Waals surface area contributed by atoms with Crippen LogP contribution in [0.25, 0.3) is 0 Å². The van der Waals surface area contributed by atoms with E-state index in [4.69, 9.17) is 11.0 Å². The lowest BCUT2D eigenvalue weighted by atomic mass is 10.0. The molecule has 0 radical (unpaired) electrons. The maximum Gasteiger partial charge on any atom is 0.142 e. The number of anilines is 1. The van der Waals surface area contributed by atoms with E-state index in [9.17, 15) is 5.11 Å². The molecule has 3 heteroatoms. The minimum absolute atomic E-state index is 0.0564. The SMILES string of the molecule is CCCc1c(C#N)ccc(N)c1O. The first-order chi connectivity index (χ1) is 6.20. The van der Waals surface area contributed by atoms with E-state index in [2.05, 4.69) is 0 Å². The van der Waals surface area contributed by atoms with E-state index in [1.54, 1.807) is 12.1 Å². The van der Waals surface area contributed by atoms with E-state index in [1.165, 1.54) is 0 Å². The molecule has 0 aliphatic heterocycles. The molecule has 13 heavy (non-hydrogen) atoms. The highest BCUT2D eigenvalue weighted by atomic mass is 16.3.